The summed E-state index contributed by atoms with van der Waals surface area (Å²) in [5, 5.41) is 0. The summed E-state index contributed by atoms with van der Waals surface area (Å²) in [6, 6.07) is 3.10. The van der Waals surface area contributed by atoms with Gasteiger partial charge in [-0.3, -0.25) is 4.98 Å². The molecule has 0 spiro atoms. The van der Waals surface area contributed by atoms with Crippen molar-refractivity contribution in [2.45, 2.75) is 31.7 Å². The van der Waals surface area contributed by atoms with E-state index >= 15 is 0 Å². The van der Waals surface area contributed by atoms with Gasteiger partial charge in [0.25, 0.3) is 0 Å². The Bertz CT molecular complexity index is 486. The average molecular weight is 301 g/mol. The predicted molar refractivity (Wildman–Crippen MR) is 77.6 cm³/mol. The van der Waals surface area contributed by atoms with Crippen molar-refractivity contribution in [3.05, 3.63) is 24.0 Å². The third-order valence-corrected chi connectivity index (χ3v) is 4.14. The van der Waals surface area contributed by atoms with E-state index in [1.165, 1.54) is 12.3 Å². The number of ether oxygens (including phenoxy) is 1. The Morgan fingerprint density at radius 3 is 2.65 bits per heavy atom. The van der Waals surface area contributed by atoms with Crippen LogP contribution in [0.15, 0.2) is 23.2 Å². The molecule has 0 bridgehead atoms. The van der Waals surface area contributed by atoms with Gasteiger partial charge < -0.3 is 10.5 Å². The van der Waals surface area contributed by atoms with Crippen LogP contribution >= 0.6 is 0 Å². The lowest BCUT2D eigenvalue weighted by molar-refractivity contribution is 0.128. The molecule has 0 saturated heterocycles. The number of nitrogens with zero attached hydrogens (tertiary/aromatic N) is 1. The topological polar surface area (TPSA) is 94.3 Å². The Labute approximate surface area is 120 Å². The maximum Gasteiger partial charge on any atom is 0.242 e. The Balaban J connectivity index is 2.37. The van der Waals surface area contributed by atoms with Crippen LogP contribution < -0.4 is 10.5 Å². The lowest BCUT2D eigenvalue weighted by Gasteiger charge is -2.08. The number of nitrogens with two attached hydrogens (primary N) is 1. The van der Waals surface area contributed by atoms with Gasteiger partial charge in [0.1, 0.15) is 4.90 Å². The number of rotatable bonds is 9. The Hall–Kier alpha value is -1.02. The van der Waals surface area contributed by atoms with Crippen LogP contribution in [-0.4, -0.2) is 33.2 Å². The van der Waals surface area contributed by atoms with Gasteiger partial charge in [-0.15, -0.1) is 0 Å². The van der Waals surface area contributed by atoms with E-state index in [9.17, 15) is 8.42 Å². The molecule has 1 aromatic rings. The highest BCUT2D eigenvalue weighted by molar-refractivity contribution is 7.89. The smallest absolute Gasteiger partial charge is 0.242 e. The van der Waals surface area contributed by atoms with E-state index < -0.39 is 10.0 Å². The quantitative estimate of drug-likeness (QED) is 0.660. The summed E-state index contributed by atoms with van der Waals surface area (Å²) in [6.45, 7) is 5.77. The number of sulfonamides is 1. The molecule has 0 atom stereocenters. The molecule has 0 aliphatic rings. The van der Waals surface area contributed by atoms with Crippen molar-refractivity contribution in [3.63, 3.8) is 0 Å². The van der Waals surface area contributed by atoms with Gasteiger partial charge >= 0.3 is 0 Å². The molecule has 0 aliphatic heterocycles. The third kappa shape index (κ3) is 5.96. The van der Waals surface area contributed by atoms with Crippen LogP contribution in [0.4, 0.5) is 0 Å². The fourth-order valence-corrected chi connectivity index (χ4v) is 2.40. The molecule has 1 rings (SSSR count). The second-order valence-electron chi connectivity index (χ2n) is 4.88. The second-order valence-corrected chi connectivity index (χ2v) is 6.65. The first kappa shape index (κ1) is 17.0. The lowest BCUT2D eigenvalue weighted by Crippen LogP contribution is -2.27. The number of nitrogens with one attached hydrogen (secondary N) is 1. The normalized spacial score (nSPS) is 12.0. The van der Waals surface area contributed by atoms with Crippen LogP contribution in [0.1, 0.15) is 26.0 Å². The molecule has 0 unspecified atom stereocenters. The third-order valence-electron chi connectivity index (χ3n) is 2.70. The van der Waals surface area contributed by atoms with Crippen molar-refractivity contribution in [3.8, 4) is 0 Å². The van der Waals surface area contributed by atoms with Crippen molar-refractivity contribution in [2.24, 2.45) is 11.7 Å². The molecule has 0 saturated carbocycles. The Morgan fingerprint density at radius 2 is 2.10 bits per heavy atom. The van der Waals surface area contributed by atoms with Crippen LogP contribution in [0.25, 0.3) is 0 Å². The van der Waals surface area contributed by atoms with E-state index in [-0.39, 0.29) is 18.0 Å². The van der Waals surface area contributed by atoms with E-state index in [1.54, 1.807) is 6.07 Å². The minimum Gasteiger partial charge on any atom is -0.380 e. The van der Waals surface area contributed by atoms with Crippen molar-refractivity contribution in [1.82, 2.24) is 9.71 Å². The molecule has 1 aromatic heterocycles. The van der Waals surface area contributed by atoms with E-state index in [1.807, 2.05) is 0 Å². The van der Waals surface area contributed by atoms with E-state index in [4.69, 9.17) is 10.5 Å². The average Bonchev–Trinajstić information content (AvgIpc) is 2.42. The SMILES string of the molecule is CC(C)CCOCCNS(=O)(=O)c1ccc(CN)nc1. The molecule has 0 aliphatic carbocycles. The molecular weight excluding hydrogens is 278 g/mol. The van der Waals surface area contributed by atoms with Crippen LogP contribution in [0.2, 0.25) is 0 Å². The molecule has 0 amide bonds. The van der Waals surface area contributed by atoms with Crippen molar-refractivity contribution >= 4 is 10.0 Å². The molecule has 7 heteroatoms. The van der Waals surface area contributed by atoms with E-state index in [2.05, 4.69) is 23.6 Å². The molecule has 0 fully saturated rings. The highest BCUT2D eigenvalue weighted by Crippen LogP contribution is 2.07. The molecular formula is C13H23N3O3S. The number of hydrogen-bond acceptors (Lipinski definition) is 5. The first-order valence-corrected chi connectivity index (χ1v) is 8.16. The van der Waals surface area contributed by atoms with Gasteiger partial charge in [-0.1, -0.05) is 13.8 Å². The summed E-state index contributed by atoms with van der Waals surface area (Å²) in [5.41, 5.74) is 6.07. The number of hydrogen-bond donors (Lipinski definition) is 2. The second kappa shape index (κ2) is 8.31. The molecule has 20 heavy (non-hydrogen) atoms. The van der Waals surface area contributed by atoms with Crippen molar-refractivity contribution in [1.29, 1.82) is 0 Å². The molecule has 0 aromatic carbocycles. The first-order valence-electron chi connectivity index (χ1n) is 6.68. The van der Waals surface area contributed by atoms with Crippen molar-refractivity contribution < 1.29 is 13.2 Å². The molecule has 6 nitrogen and oxygen atoms in total. The number of aromatic nitrogens is 1. The van der Waals surface area contributed by atoms with E-state index in [0.717, 1.165) is 6.42 Å². The zero-order valence-corrected chi connectivity index (χ0v) is 12.8. The van der Waals surface area contributed by atoms with E-state index in [0.29, 0.717) is 24.8 Å². The monoisotopic (exact) mass is 301 g/mol. The summed E-state index contributed by atoms with van der Waals surface area (Å²) in [6.07, 6.45) is 2.28. The fraction of sp³-hybridized carbons (Fsp3) is 0.615. The minimum atomic E-state index is -3.52. The van der Waals surface area contributed by atoms with Crippen molar-refractivity contribution in [2.75, 3.05) is 19.8 Å². The van der Waals surface area contributed by atoms with Gasteiger partial charge in [0, 0.05) is 25.9 Å². The largest absolute Gasteiger partial charge is 0.380 e. The molecule has 3 N–H and O–H groups in total. The zero-order chi connectivity index (χ0) is 15.0. The Kier molecular flexibility index (Phi) is 7.08. The predicted octanol–water partition coefficient (Wildman–Crippen LogP) is 0.881. The Morgan fingerprint density at radius 1 is 1.35 bits per heavy atom. The zero-order valence-electron chi connectivity index (χ0n) is 12.0. The first-order chi connectivity index (χ1) is 9.45. The standard InChI is InChI=1S/C13H23N3O3S/c1-11(2)5-7-19-8-6-16-20(17,18)13-4-3-12(9-14)15-10-13/h3-4,10-11,16H,5-9,14H2,1-2H3. The van der Waals surface area contributed by atoms with Gasteiger partial charge in [0.15, 0.2) is 0 Å². The van der Waals surface area contributed by atoms with Gasteiger partial charge in [-0.25, -0.2) is 13.1 Å². The van der Waals surface area contributed by atoms with Gasteiger partial charge in [0.2, 0.25) is 10.0 Å². The van der Waals surface area contributed by atoms with Crippen LogP contribution in [0.5, 0.6) is 0 Å². The molecule has 1 heterocycles. The van der Waals surface area contributed by atoms with Crippen LogP contribution in [-0.2, 0) is 21.3 Å². The lowest BCUT2D eigenvalue weighted by atomic mass is 10.1. The maximum absolute atomic E-state index is 11.9. The van der Waals surface area contributed by atoms with Crippen LogP contribution in [0.3, 0.4) is 0 Å². The summed E-state index contributed by atoms with van der Waals surface area (Å²) >= 11 is 0. The molecule has 0 radical (unpaired) electrons. The summed E-state index contributed by atoms with van der Waals surface area (Å²) < 4.78 is 31.7. The summed E-state index contributed by atoms with van der Waals surface area (Å²) in [4.78, 5) is 4.10. The molecule has 114 valence electrons. The summed E-state index contributed by atoms with van der Waals surface area (Å²) in [5.74, 6) is 0.582. The minimum absolute atomic E-state index is 0.136. The van der Waals surface area contributed by atoms with Gasteiger partial charge in [0.05, 0.1) is 12.3 Å². The highest BCUT2D eigenvalue weighted by atomic mass is 32.2. The maximum atomic E-state index is 11.9. The number of pyridine rings is 1. The fourth-order valence-electron chi connectivity index (χ4n) is 1.44. The summed E-state index contributed by atoms with van der Waals surface area (Å²) in [7, 11) is -3.52. The van der Waals surface area contributed by atoms with Gasteiger partial charge in [-0.05, 0) is 24.5 Å². The van der Waals surface area contributed by atoms with Gasteiger partial charge in [-0.2, -0.15) is 0 Å². The van der Waals surface area contributed by atoms with Crippen LogP contribution in [0, 0.1) is 5.92 Å². The highest BCUT2D eigenvalue weighted by Gasteiger charge is 2.13.